The van der Waals surface area contributed by atoms with E-state index in [9.17, 15) is 0 Å². The first kappa shape index (κ1) is 18.7. The summed E-state index contributed by atoms with van der Waals surface area (Å²) >= 11 is 0. The van der Waals surface area contributed by atoms with Gasteiger partial charge in [-0.1, -0.05) is 55.5 Å². The summed E-state index contributed by atoms with van der Waals surface area (Å²) in [6, 6.07) is 20.7. The van der Waals surface area contributed by atoms with Crippen LogP contribution in [0, 0.1) is 0 Å². The minimum atomic E-state index is 0.425. The maximum Gasteiger partial charge on any atom is 0.191 e. The molecule has 0 radical (unpaired) electrons. The van der Waals surface area contributed by atoms with Crippen LogP contribution in [0.3, 0.4) is 0 Å². The SMILES string of the molecule is CN=C(NCCc1cnn(-c2ccccc2)c1)NCC(C)c1ccccc1. The van der Waals surface area contributed by atoms with E-state index in [0.29, 0.717) is 5.92 Å². The molecule has 27 heavy (non-hydrogen) atoms. The zero-order valence-corrected chi connectivity index (χ0v) is 16.0. The number of rotatable bonds is 7. The molecule has 3 aromatic rings. The van der Waals surface area contributed by atoms with E-state index in [1.165, 1.54) is 11.1 Å². The second-order valence-corrected chi connectivity index (χ2v) is 6.57. The normalized spacial score (nSPS) is 12.6. The van der Waals surface area contributed by atoms with Crippen molar-refractivity contribution in [2.75, 3.05) is 20.1 Å². The lowest BCUT2D eigenvalue weighted by Gasteiger charge is -2.16. The maximum absolute atomic E-state index is 4.44. The Labute approximate surface area is 161 Å². The highest BCUT2D eigenvalue weighted by Crippen LogP contribution is 2.12. The number of hydrogen-bond acceptors (Lipinski definition) is 2. The van der Waals surface area contributed by atoms with E-state index in [2.05, 4.69) is 70.2 Å². The zero-order chi connectivity index (χ0) is 18.9. The van der Waals surface area contributed by atoms with Gasteiger partial charge in [-0.25, -0.2) is 4.68 Å². The minimum absolute atomic E-state index is 0.425. The molecule has 1 aromatic heterocycles. The summed E-state index contributed by atoms with van der Waals surface area (Å²) in [5.41, 5.74) is 3.59. The number of guanidine groups is 1. The van der Waals surface area contributed by atoms with Gasteiger partial charge in [-0.05, 0) is 35.6 Å². The van der Waals surface area contributed by atoms with Crippen LogP contribution in [0.2, 0.25) is 0 Å². The van der Waals surface area contributed by atoms with Crippen LogP contribution in [0.5, 0.6) is 0 Å². The molecule has 0 aliphatic rings. The van der Waals surface area contributed by atoms with Crippen molar-refractivity contribution in [3.63, 3.8) is 0 Å². The van der Waals surface area contributed by atoms with Crippen molar-refractivity contribution >= 4 is 5.96 Å². The molecule has 2 aromatic carbocycles. The smallest absolute Gasteiger partial charge is 0.191 e. The summed E-state index contributed by atoms with van der Waals surface area (Å²) in [6.07, 6.45) is 4.88. The van der Waals surface area contributed by atoms with Crippen LogP contribution in [0.4, 0.5) is 0 Å². The van der Waals surface area contributed by atoms with Crippen molar-refractivity contribution in [1.82, 2.24) is 20.4 Å². The number of nitrogens with zero attached hydrogens (tertiary/aromatic N) is 3. The number of benzene rings is 2. The molecule has 1 unspecified atom stereocenters. The molecule has 5 nitrogen and oxygen atoms in total. The van der Waals surface area contributed by atoms with Crippen molar-refractivity contribution in [1.29, 1.82) is 0 Å². The average molecular weight is 361 g/mol. The van der Waals surface area contributed by atoms with Crippen LogP contribution < -0.4 is 10.6 Å². The Morgan fingerprint density at radius 1 is 1.04 bits per heavy atom. The zero-order valence-electron chi connectivity index (χ0n) is 16.0. The molecule has 3 rings (SSSR count). The van der Waals surface area contributed by atoms with Gasteiger partial charge in [0.05, 0.1) is 11.9 Å². The molecule has 1 heterocycles. The molecular formula is C22H27N5. The molecule has 0 saturated carbocycles. The van der Waals surface area contributed by atoms with Gasteiger partial charge in [-0.15, -0.1) is 0 Å². The third-order valence-corrected chi connectivity index (χ3v) is 4.53. The molecule has 0 saturated heterocycles. The summed E-state index contributed by atoms with van der Waals surface area (Å²) < 4.78 is 1.91. The Bertz CT molecular complexity index is 839. The molecule has 2 N–H and O–H groups in total. The molecule has 0 spiro atoms. The van der Waals surface area contributed by atoms with Crippen LogP contribution in [0.15, 0.2) is 78.0 Å². The van der Waals surface area contributed by atoms with E-state index >= 15 is 0 Å². The van der Waals surface area contributed by atoms with Gasteiger partial charge in [0.25, 0.3) is 0 Å². The van der Waals surface area contributed by atoms with Gasteiger partial charge in [-0.2, -0.15) is 5.10 Å². The van der Waals surface area contributed by atoms with E-state index < -0.39 is 0 Å². The number of nitrogens with one attached hydrogen (secondary N) is 2. The third kappa shape index (κ3) is 5.45. The fraction of sp³-hybridized carbons (Fsp3) is 0.273. The fourth-order valence-corrected chi connectivity index (χ4v) is 2.91. The number of aromatic nitrogens is 2. The average Bonchev–Trinajstić information content (AvgIpc) is 3.20. The number of aliphatic imine (C=N–C) groups is 1. The molecule has 1 atom stereocenters. The largest absolute Gasteiger partial charge is 0.356 e. The van der Waals surface area contributed by atoms with Gasteiger partial charge in [0.1, 0.15) is 0 Å². The Balaban J connectivity index is 1.44. The van der Waals surface area contributed by atoms with Gasteiger partial charge < -0.3 is 10.6 Å². The maximum atomic E-state index is 4.44. The first-order chi connectivity index (χ1) is 13.3. The van der Waals surface area contributed by atoms with Crippen LogP contribution >= 0.6 is 0 Å². The van der Waals surface area contributed by atoms with Crippen LogP contribution in [0.1, 0.15) is 24.0 Å². The summed E-state index contributed by atoms with van der Waals surface area (Å²) in [5.74, 6) is 1.25. The Morgan fingerprint density at radius 2 is 1.74 bits per heavy atom. The lowest BCUT2D eigenvalue weighted by atomic mass is 10.0. The van der Waals surface area contributed by atoms with Crippen LogP contribution in [0.25, 0.3) is 5.69 Å². The van der Waals surface area contributed by atoms with E-state index in [4.69, 9.17) is 0 Å². The second-order valence-electron chi connectivity index (χ2n) is 6.57. The molecular weight excluding hydrogens is 334 g/mol. The highest BCUT2D eigenvalue weighted by Gasteiger charge is 2.06. The summed E-state index contributed by atoms with van der Waals surface area (Å²) in [5, 5.41) is 11.2. The van der Waals surface area contributed by atoms with Crippen molar-refractivity contribution in [3.05, 3.63) is 84.2 Å². The third-order valence-electron chi connectivity index (χ3n) is 4.53. The van der Waals surface area contributed by atoms with Gasteiger partial charge in [0.2, 0.25) is 0 Å². The van der Waals surface area contributed by atoms with Crippen LogP contribution in [-0.4, -0.2) is 35.9 Å². The molecule has 140 valence electrons. The van der Waals surface area contributed by atoms with Crippen molar-refractivity contribution in [2.45, 2.75) is 19.3 Å². The molecule has 0 bridgehead atoms. The lowest BCUT2D eigenvalue weighted by Crippen LogP contribution is -2.39. The molecule has 0 aliphatic carbocycles. The predicted octanol–water partition coefficient (Wildman–Crippen LogP) is 3.38. The van der Waals surface area contributed by atoms with E-state index in [1.54, 1.807) is 7.05 Å². The van der Waals surface area contributed by atoms with Gasteiger partial charge in [0.15, 0.2) is 5.96 Å². The molecule has 0 fully saturated rings. The van der Waals surface area contributed by atoms with Gasteiger partial charge in [-0.3, -0.25) is 4.99 Å². The van der Waals surface area contributed by atoms with Gasteiger partial charge >= 0.3 is 0 Å². The summed E-state index contributed by atoms with van der Waals surface area (Å²) in [7, 11) is 1.80. The number of para-hydroxylation sites is 1. The van der Waals surface area contributed by atoms with Crippen molar-refractivity contribution in [2.24, 2.45) is 4.99 Å². The topological polar surface area (TPSA) is 54.2 Å². The van der Waals surface area contributed by atoms with E-state index in [1.807, 2.05) is 35.1 Å². The van der Waals surface area contributed by atoms with Crippen molar-refractivity contribution in [3.8, 4) is 5.69 Å². The Hall–Kier alpha value is -3.08. The highest BCUT2D eigenvalue weighted by atomic mass is 15.3. The molecule has 0 aliphatic heterocycles. The standard InChI is InChI=1S/C22H27N5/c1-18(20-9-5-3-6-10-20)15-25-22(23-2)24-14-13-19-16-26-27(17-19)21-11-7-4-8-12-21/h3-12,16-18H,13-15H2,1-2H3,(H2,23,24,25). The highest BCUT2D eigenvalue weighted by molar-refractivity contribution is 5.79. The monoisotopic (exact) mass is 361 g/mol. The Morgan fingerprint density at radius 3 is 2.44 bits per heavy atom. The first-order valence-electron chi connectivity index (χ1n) is 9.34. The van der Waals surface area contributed by atoms with E-state index in [0.717, 1.165) is 31.2 Å². The van der Waals surface area contributed by atoms with Gasteiger partial charge in [0, 0.05) is 26.3 Å². The quantitative estimate of drug-likeness (QED) is 0.501. The minimum Gasteiger partial charge on any atom is -0.356 e. The number of hydrogen-bond donors (Lipinski definition) is 2. The van der Waals surface area contributed by atoms with Crippen LogP contribution in [-0.2, 0) is 6.42 Å². The van der Waals surface area contributed by atoms with Crippen molar-refractivity contribution < 1.29 is 0 Å². The molecule has 5 heteroatoms. The predicted molar refractivity (Wildman–Crippen MR) is 111 cm³/mol. The van der Waals surface area contributed by atoms with E-state index in [-0.39, 0.29) is 0 Å². The summed E-state index contributed by atoms with van der Waals surface area (Å²) in [6.45, 7) is 3.86. The lowest BCUT2D eigenvalue weighted by molar-refractivity contribution is 0.698. The first-order valence-corrected chi connectivity index (χ1v) is 9.34. The fourth-order valence-electron chi connectivity index (χ4n) is 2.91. The summed E-state index contributed by atoms with van der Waals surface area (Å²) in [4.78, 5) is 4.31. The molecule has 0 amide bonds. The second kappa shape index (κ2) is 9.57. The Kier molecular flexibility index (Phi) is 6.63.